The molecule has 3 amide bonds. The number of para-hydroxylation sites is 1. The Morgan fingerprint density at radius 2 is 1.51 bits per heavy atom. The molecule has 1 fully saturated rings. The number of aromatic nitrogens is 1. The number of amides is 3. The Balaban J connectivity index is 0.750. The first-order valence-corrected chi connectivity index (χ1v) is 22.3. The highest BCUT2D eigenvalue weighted by Gasteiger charge is 2.24. The third-order valence-electron chi connectivity index (χ3n) is 11.7. The molecule has 7 rings (SSSR count). The first-order chi connectivity index (χ1) is 31.5. The van der Waals surface area contributed by atoms with Gasteiger partial charge in [-0.25, -0.2) is 4.79 Å². The van der Waals surface area contributed by atoms with Gasteiger partial charge in [-0.1, -0.05) is 103 Å². The molecule has 13 nitrogen and oxygen atoms in total. The predicted octanol–water partition coefficient (Wildman–Crippen LogP) is 6.60. The van der Waals surface area contributed by atoms with E-state index in [4.69, 9.17) is 4.74 Å². The molecule has 6 aromatic rings. The third kappa shape index (κ3) is 13.8. The van der Waals surface area contributed by atoms with Gasteiger partial charge >= 0.3 is 6.09 Å². The molecule has 1 atom stereocenters. The number of ether oxygens (including phenoxy) is 1. The number of benzene rings is 5. The van der Waals surface area contributed by atoms with Crippen LogP contribution in [0.15, 0.2) is 132 Å². The maximum absolute atomic E-state index is 12.8. The maximum atomic E-state index is 12.8. The molecule has 1 saturated heterocycles. The molecule has 0 unspecified atom stereocenters. The van der Waals surface area contributed by atoms with Crippen LogP contribution in [0, 0.1) is 0 Å². The minimum absolute atomic E-state index is 0.0168. The van der Waals surface area contributed by atoms with Crippen molar-refractivity contribution >= 4 is 34.5 Å². The molecule has 1 aliphatic heterocycles. The van der Waals surface area contributed by atoms with Crippen LogP contribution >= 0.6 is 0 Å². The molecule has 2 heterocycles. The van der Waals surface area contributed by atoms with E-state index in [1.54, 1.807) is 19.1 Å². The molecule has 5 aromatic carbocycles. The molecule has 1 aromatic heterocycles. The summed E-state index contributed by atoms with van der Waals surface area (Å²) in [5, 5.41) is 34.2. The van der Waals surface area contributed by atoms with E-state index in [0.717, 1.165) is 57.4 Å². The van der Waals surface area contributed by atoms with Crippen molar-refractivity contribution in [2.24, 2.45) is 0 Å². The van der Waals surface area contributed by atoms with Gasteiger partial charge in [-0.15, -0.1) is 0 Å². The summed E-state index contributed by atoms with van der Waals surface area (Å²) in [7, 11) is 0. The second-order valence-electron chi connectivity index (χ2n) is 16.9. The topological polar surface area (TPSA) is 185 Å². The summed E-state index contributed by atoms with van der Waals surface area (Å²) < 4.78 is 5.76. The number of likely N-dealkylation sites (tertiary alicyclic amines) is 1. The minimum Gasteiger partial charge on any atom is -0.506 e. The van der Waals surface area contributed by atoms with Crippen molar-refractivity contribution in [3.63, 3.8) is 0 Å². The Morgan fingerprint density at radius 1 is 0.769 bits per heavy atom. The van der Waals surface area contributed by atoms with E-state index in [2.05, 4.69) is 31.2 Å². The zero-order valence-corrected chi connectivity index (χ0v) is 36.8. The van der Waals surface area contributed by atoms with E-state index in [9.17, 15) is 29.4 Å². The molecular formula is C52H58N6O7. The Hall–Kier alpha value is -6.80. The number of phenolic OH excluding ortho intramolecular Hbond substituents is 1. The van der Waals surface area contributed by atoms with Crippen LogP contribution in [0.3, 0.4) is 0 Å². The summed E-state index contributed by atoms with van der Waals surface area (Å²) in [6.07, 6.45) is 2.97. The Bertz CT molecular complexity index is 2610. The number of nitrogens with one attached hydrogen (secondary N) is 5. The van der Waals surface area contributed by atoms with Crippen molar-refractivity contribution in [1.29, 1.82) is 0 Å². The van der Waals surface area contributed by atoms with Crippen LogP contribution in [0.25, 0.3) is 22.0 Å². The zero-order chi connectivity index (χ0) is 45.6. The molecule has 0 radical (unpaired) electrons. The second-order valence-corrected chi connectivity index (χ2v) is 16.9. The number of carbonyl (C=O) groups is 3. The molecular weight excluding hydrogens is 821 g/mol. The highest BCUT2D eigenvalue weighted by Crippen LogP contribution is 2.28. The average Bonchev–Trinajstić information content (AvgIpc) is 3.30. The number of H-pyrrole nitrogens is 1. The van der Waals surface area contributed by atoms with Crippen molar-refractivity contribution in [3.05, 3.63) is 166 Å². The molecule has 13 heteroatoms. The van der Waals surface area contributed by atoms with Gasteiger partial charge in [-0.2, -0.15) is 0 Å². The lowest BCUT2D eigenvalue weighted by molar-refractivity contribution is -0.122. The van der Waals surface area contributed by atoms with E-state index < -0.39 is 11.8 Å². The number of fused-ring (bicyclic) bond motifs is 1. The lowest BCUT2D eigenvalue weighted by Gasteiger charge is -2.31. The molecule has 0 bridgehead atoms. The molecule has 0 spiro atoms. The predicted molar refractivity (Wildman–Crippen MR) is 253 cm³/mol. The van der Waals surface area contributed by atoms with Crippen LogP contribution in [0.2, 0.25) is 0 Å². The van der Waals surface area contributed by atoms with Crippen molar-refractivity contribution in [2.75, 3.05) is 38.0 Å². The van der Waals surface area contributed by atoms with Gasteiger partial charge in [-0.05, 0) is 84.2 Å². The van der Waals surface area contributed by atoms with Gasteiger partial charge in [0.15, 0.2) is 0 Å². The largest absolute Gasteiger partial charge is 0.506 e. The van der Waals surface area contributed by atoms with E-state index in [-0.39, 0.29) is 35.6 Å². The summed E-state index contributed by atoms with van der Waals surface area (Å²) in [4.78, 5) is 54.9. The zero-order valence-electron chi connectivity index (χ0n) is 36.8. The lowest BCUT2D eigenvalue weighted by Crippen LogP contribution is -2.45. The molecule has 0 saturated carbocycles. The number of aromatic hydroxyl groups is 1. The number of carbonyl (C=O) groups excluding carboxylic acids is 3. The minimum atomic E-state index is -1.17. The number of phenols is 1. The highest BCUT2D eigenvalue weighted by atomic mass is 16.6. The van der Waals surface area contributed by atoms with Crippen molar-refractivity contribution in [1.82, 2.24) is 25.8 Å². The maximum Gasteiger partial charge on any atom is 0.411 e. The van der Waals surface area contributed by atoms with Gasteiger partial charge < -0.3 is 35.5 Å². The number of nitrogens with zero attached hydrogens (tertiary/aromatic N) is 1. The quantitative estimate of drug-likeness (QED) is 0.0441. The number of hydrogen-bond acceptors (Lipinski definition) is 9. The Morgan fingerprint density at radius 3 is 2.31 bits per heavy atom. The number of anilines is 1. The SMILES string of the molecule is C[C@@](O)(Cc1cccc(CCNC(=O)Cc2ccc(CNC(=O)CCN3CCC(OC(=O)Nc4ccccc4-c4ccccc4)CC3)cc2)c1)NCCc1ccc(O)c2[nH]c(=O)ccc12. The van der Waals surface area contributed by atoms with E-state index in [0.29, 0.717) is 75.9 Å². The number of aliphatic hydroxyl groups is 1. The van der Waals surface area contributed by atoms with Gasteiger partial charge in [0.05, 0.1) is 17.6 Å². The van der Waals surface area contributed by atoms with Gasteiger partial charge in [-0.3, -0.25) is 25.0 Å². The van der Waals surface area contributed by atoms with Crippen molar-refractivity contribution < 1.29 is 29.3 Å². The van der Waals surface area contributed by atoms with E-state index in [1.165, 1.54) is 6.07 Å². The van der Waals surface area contributed by atoms with Crippen molar-refractivity contribution in [2.45, 2.75) is 70.2 Å². The fourth-order valence-corrected chi connectivity index (χ4v) is 8.26. The fraction of sp³-hybridized carbons (Fsp3) is 0.308. The van der Waals surface area contributed by atoms with E-state index in [1.807, 2.05) is 109 Å². The number of rotatable bonds is 19. The molecule has 338 valence electrons. The van der Waals surface area contributed by atoms with Gasteiger partial charge in [0, 0.05) is 69.1 Å². The number of hydrogen-bond donors (Lipinski definition) is 7. The highest BCUT2D eigenvalue weighted by molar-refractivity contribution is 5.91. The Labute approximate surface area is 379 Å². The summed E-state index contributed by atoms with van der Waals surface area (Å²) in [6.45, 7) is 5.20. The molecule has 0 aliphatic carbocycles. The lowest BCUT2D eigenvalue weighted by atomic mass is 10.00. The van der Waals surface area contributed by atoms with Crippen LogP contribution < -0.4 is 26.8 Å². The van der Waals surface area contributed by atoms with Crippen LogP contribution in [-0.4, -0.2) is 82.6 Å². The van der Waals surface area contributed by atoms with Crippen LogP contribution in [0.4, 0.5) is 10.5 Å². The number of piperidine rings is 1. The summed E-state index contributed by atoms with van der Waals surface area (Å²) >= 11 is 0. The standard InChI is InChI=1S/C52H58N6O7/c1-52(64,55-28-23-41-18-20-46(59)50-44(41)19-21-48(61)57-50)34-39-9-7-8-36(32-39)22-27-53-49(62)33-37-14-16-38(17-15-37)35-54-47(60)26-31-58-29-24-42(25-30-58)65-51(63)56-45-13-6-5-12-43(45)40-10-3-2-4-11-40/h2-21,32,42,55,59,64H,22-31,33-35H2,1H3,(H,53,62)(H,54,60)(H,56,63)(H,57,61)/t52-/m1/s1. The molecule has 1 aliphatic rings. The number of aromatic amines is 1. The molecule has 7 N–H and O–H groups in total. The second kappa shape index (κ2) is 22.2. The fourth-order valence-electron chi connectivity index (χ4n) is 8.26. The van der Waals surface area contributed by atoms with Gasteiger partial charge in [0.25, 0.3) is 0 Å². The van der Waals surface area contributed by atoms with E-state index >= 15 is 0 Å². The third-order valence-corrected chi connectivity index (χ3v) is 11.7. The number of pyridine rings is 1. The van der Waals surface area contributed by atoms with Crippen LogP contribution in [0.5, 0.6) is 5.75 Å². The van der Waals surface area contributed by atoms with Gasteiger partial charge in [0.2, 0.25) is 17.4 Å². The summed E-state index contributed by atoms with van der Waals surface area (Å²) in [5.74, 6) is -0.0958. The van der Waals surface area contributed by atoms with Gasteiger partial charge in [0.1, 0.15) is 17.6 Å². The monoisotopic (exact) mass is 878 g/mol. The summed E-state index contributed by atoms with van der Waals surface area (Å²) in [6, 6.07) is 39.7. The normalized spacial score (nSPS) is 14.1. The average molecular weight is 879 g/mol. The van der Waals surface area contributed by atoms with Crippen LogP contribution in [-0.2, 0) is 46.6 Å². The smallest absolute Gasteiger partial charge is 0.411 e. The Kier molecular flexibility index (Phi) is 15.8. The summed E-state index contributed by atoms with van der Waals surface area (Å²) in [5.41, 5.74) is 6.37. The van der Waals surface area contributed by atoms with Crippen molar-refractivity contribution in [3.8, 4) is 16.9 Å². The van der Waals surface area contributed by atoms with Crippen LogP contribution in [0.1, 0.15) is 54.0 Å². The molecule has 65 heavy (non-hydrogen) atoms. The first-order valence-electron chi connectivity index (χ1n) is 22.3. The first kappa shape index (κ1) is 46.2.